The Labute approximate surface area is 172 Å². The molecule has 0 radical (unpaired) electrons. The highest BCUT2D eigenvalue weighted by molar-refractivity contribution is 7.90. The third-order valence-electron chi connectivity index (χ3n) is 4.66. The normalized spacial score (nSPS) is 11.5. The molecule has 0 fully saturated rings. The van der Waals surface area contributed by atoms with Gasteiger partial charge in [-0.3, -0.25) is 9.78 Å². The lowest BCUT2D eigenvalue weighted by Gasteiger charge is -2.27. The molecule has 0 N–H and O–H groups in total. The van der Waals surface area contributed by atoms with Crippen molar-refractivity contribution >= 4 is 21.4 Å². The van der Waals surface area contributed by atoms with E-state index < -0.39 is 9.84 Å². The van der Waals surface area contributed by atoms with Gasteiger partial charge in [0.2, 0.25) is 0 Å². The summed E-state index contributed by atoms with van der Waals surface area (Å²) >= 11 is 0. The first-order valence-corrected chi connectivity index (χ1v) is 11.2. The molecule has 0 aliphatic carbocycles. The van der Waals surface area contributed by atoms with Crippen LogP contribution in [0.2, 0.25) is 0 Å². The average molecular weight is 409 g/mol. The molecule has 6 heteroatoms. The van der Waals surface area contributed by atoms with E-state index in [1.165, 1.54) is 12.1 Å². The van der Waals surface area contributed by atoms with Crippen LogP contribution in [0.15, 0.2) is 71.6 Å². The van der Waals surface area contributed by atoms with Crippen LogP contribution in [0.25, 0.3) is 11.3 Å². The SMILES string of the molecule is Cc1nc(-c2ccccc2)ccc1C(=O)N(c1ccc(S(C)(=O)=O)cc1)C(C)C. The molecule has 3 aromatic rings. The lowest BCUT2D eigenvalue weighted by Crippen LogP contribution is -2.37. The number of carbonyl (C=O) groups is 1. The molecule has 0 aliphatic rings. The molecule has 3 rings (SSSR count). The number of anilines is 1. The quantitative estimate of drug-likeness (QED) is 0.623. The maximum absolute atomic E-state index is 13.3. The first kappa shape index (κ1) is 20.7. The van der Waals surface area contributed by atoms with E-state index in [9.17, 15) is 13.2 Å². The van der Waals surface area contributed by atoms with Crippen LogP contribution in [0.5, 0.6) is 0 Å². The van der Waals surface area contributed by atoms with Crippen LogP contribution in [-0.2, 0) is 9.84 Å². The number of hydrogen-bond donors (Lipinski definition) is 0. The Morgan fingerprint density at radius 2 is 1.55 bits per heavy atom. The van der Waals surface area contributed by atoms with Gasteiger partial charge in [0.05, 0.1) is 21.8 Å². The number of aromatic nitrogens is 1. The molecule has 150 valence electrons. The number of aryl methyl sites for hydroxylation is 1. The highest BCUT2D eigenvalue weighted by atomic mass is 32.2. The van der Waals surface area contributed by atoms with Gasteiger partial charge in [0.1, 0.15) is 0 Å². The highest BCUT2D eigenvalue weighted by Gasteiger charge is 2.23. The van der Waals surface area contributed by atoms with Gasteiger partial charge in [-0.05, 0) is 57.2 Å². The molecule has 2 aromatic carbocycles. The predicted octanol–water partition coefficient (Wildman–Crippen LogP) is 4.52. The van der Waals surface area contributed by atoms with E-state index in [2.05, 4.69) is 4.98 Å². The number of rotatable bonds is 5. The summed E-state index contributed by atoms with van der Waals surface area (Å²) in [5, 5.41) is 0. The molecule has 1 amide bonds. The second kappa shape index (κ2) is 8.17. The maximum atomic E-state index is 13.3. The van der Waals surface area contributed by atoms with Crippen LogP contribution >= 0.6 is 0 Å². The predicted molar refractivity (Wildman–Crippen MR) is 116 cm³/mol. The Bertz CT molecular complexity index is 1120. The molecule has 0 unspecified atom stereocenters. The van der Waals surface area contributed by atoms with Crippen LogP contribution in [0.4, 0.5) is 5.69 Å². The van der Waals surface area contributed by atoms with E-state index in [4.69, 9.17) is 0 Å². The highest BCUT2D eigenvalue weighted by Crippen LogP contribution is 2.25. The van der Waals surface area contributed by atoms with Crippen molar-refractivity contribution in [2.75, 3.05) is 11.2 Å². The van der Waals surface area contributed by atoms with Gasteiger partial charge in [-0.2, -0.15) is 0 Å². The van der Waals surface area contributed by atoms with Crippen LogP contribution in [0.3, 0.4) is 0 Å². The summed E-state index contributed by atoms with van der Waals surface area (Å²) in [6.07, 6.45) is 1.16. The van der Waals surface area contributed by atoms with Gasteiger partial charge in [-0.15, -0.1) is 0 Å². The molecule has 0 atom stereocenters. The zero-order valence-corrected chi connectivity index (χ0v) is 17.8. The summed E-state index contributed by atoms with van der Waals surface area (Å²) in [6.45, 7) is 5.66. The molecule has 1 heterocycles. The van der Waals surface area contributed by atoms with E-state index in [0.717, 1.165) is 17.5 Å². The fraction of sp³-hybridized carbons (Fsp3) is 0.217. The fourth-order valence-electron chi connectivity index (χ4n) is 3.19. The van der Waals surface area contributed by atoms with E-state index in [-0.39, 0.29) is 16.8 Å². The molecular formula is C23H24N2O3S. The molecule has 0 spiro atoms. The van der Waals surface area contributed by atoms with Gasteiger partial charge in [-0.25, -0.2) is 8.42 Å². The molecule has 0 saturated carbocycles. The molecule has 29 heavy (non-hydrogen) atoms. The van der Waals surface area contributed by atoms with E-state index in [0.29, 0.717) is 16.9 Å². The van der Waals surface area contributed by atoms with Crippen molar-refractivity contribution < 1.29 is 13.2 Å². The number of amides is 1. The van der Waals surface area contributed by atoms with Gasteiger partial charge >= 0.3 is 0 Å². The zero-order chi connectivity index (χ0) is 21.2. The summed E-state index contributed by atoms with van der Waals surface area (Å²) in [5.74, 6) is -0.170. The number of sulfone groups is 1. The summed E-state index contributed by atoms with van der Waals surface area (Å²) in [7, 11) is -3.29. The van der Waals surface area contributed by atoms with Gasteiger partial charge in [0.15, 0.2) is 9.84 Å². The van der Waals surface area contributed by atoms with Gasteiger partial charge in [0, 0.05) is 23.5 Å². The number of carbonyl (C=O) groups excluding carboxylic acids is 1. The third kappa shape index (κ3) is 4.54. The molecular weight excluding hydrogens is 384 g/mol. The number of hydrogen-bond acceptors (Lipinski definition) is 4. The summed E-state index contributed by atoms with van der Waals surface area (Å²) < 4.78 is 23.4. The van der Waals surface area contributed by atoms with Gasteiger partial charge in [0.25, 0.3) is 5.91 Å². The van der Waals surface area contributed by atoms with Crippen molar-refractivity contribution in [3.8, 4) is 11.3 Å². The summed E-state index contributed by atoms with van der Waals surface area (Å²) in [4.78, 5) is 19.8. The molecule has 0 saturated heterocycles. The second-order valence-electron chi connectivity index (χ2n) is 7.23. The summed E-state index contributed by atoms with van der Waals surface area (Å²) in [5.41, 5.74) is 3.61. The smallest absolute Gasteiger partial charge is 0.260 e. The lowest BCUT2D eigenvalue weighted by atomic mass is 10.1. The first-order chi connectivity index (χ1) is 13.7. The Morgan fingerprint density at radius 3 is 2.07 bits per heavy atom. The van der Waals surface area contributed by atoms with E-state index in [1.807, 2.05) is 57.2 Å². The Morgan fingerprint density at radius 1 is 0.931 bits per heavy atom. The van der Waals surface area contributed by atoms with Crippen molar-refractivity contribution in [2.45, 2.75) is 31.7 Å². The van der Waals surface area contributed by atoms with Crippen LogP contribution in [-0.4, -0.2) is 31.6 Å². The first-order valence-electron chi connectivity index (χ1n) is 9.35. The number of nitrogens with zero attached hydrogens (tertiary/aromatic N) is 2. The van der Waals surface area contributed by atoms with Crippen molar-refractivity contribution in [2.24, 2.45) is 0 Å². The fourth-order valence-corrected chi connectivity index (χ4v) is 3.82. The van der Waals surface area contributed by atoms with Crippen molar-refractivity contribution in [3.63, 3.8) is 0 Å². The average Bonchev–Trinajstić information content (AvgIpc) is 2.68. The molecule has 0 bridgehead atoms. The second-order valence-corrected chi connectivity index (χ2v) is 9.25. The standard InChI is InChI=1S/C23H24N2O3S/c1-16(2)25(19-10-12-20(13-11-19)29(4,27)28)23(26)21-14-15-22(24-17(21)3)18-8-6-5-7-9-18/h5-16H,1-4H3. The van der Waals surface area contributed by atoms with Crippen molar-refractivity contribution in [3.05, 3.63) is 78.0 Å². The van der Waals surface area contributed by atoms with Gasteiger partial charge in [-0.1, -0.05) is 30.3 Å². The Balaban J connectivity index is 1.96. The number of pyridine rings is 1. The van der Waals surface area contributed by atoms with E-state index in [1.54, 1.807) is 23.1 Å². The van der Waals surface area contributed by atoms with Crippen LogP contribution in [0, 0.1) is 6.92 Å². The van der Waals surface area contributed by atoms with Gasteiger partial charge < -0.3 is 4.90 Å². The maximum Gasteiger partial charge on any atom is 0.260 e. The molecule has 0 aliphatic heterocycles. The van der Waals surface area contributed by atoms with Crippen LogP contribution in [0.1, 0.15) is 29.9 Å². The minimum Gasteiger partial charge on any atom is -0.306 e. The minimum atomic E-state index is -3.29. The minimum absolute atomic E-state index is 0.111. The zero-order valence-electron chi connectivity index (χ0n) is 17.0. The largest absolute Gasteiger partial charge is 0.306 e. The van der Waals surface area contributed by atoms with Crippen molar-refractivity contribution in [1.82, 2.24) is 4.98 Å². The lowest BCUT2D eigenvalue weighted by molar-refractivity contribution is 0.0979. The molecule has 5 nitrogen and oxygen atoms in total. The topological polar surface area (TPSA) is 67.3 Å². The van der Waals surface area contributed by atoms with E-state index >= 15 is 0 Å². The Hall–Kier alpha value is -2.99. The van der Waals surface area contributed by atoms with Crippen molar-refractivity contribution in [1.29, 1.82) is 0 Å². The number of benzene rings is 2. The van der Waals surface area contributed by atoms with Crippen LogP contribution < -0.4 is 4.90 Å². The monoisotopic (exact) mass is 408 g/mol. The Kier molecular flexibility index (Phi) is 5.84. The third-order valence-corrected chi connectivity index (χ3v) is 5.79. The molecule has 1 aromatic heterocycles. The summed E-state index contributed by atoms with van der Waals surface area (Å²) in [6, 6.07) is 19.7.